The van der Waals surface area contributed by atoms with Gasteiger partial charge in [0.1, 0.15) is 0 Å². The van der Waals surface area contributed by atoms with Crippen molar-refractivity contribution in [1.82, 2.24) is 5.32 Å². The van der Waals surface area contributed by atoms with E-state index >= 15 is 0 Å². The second-order valence-corrected chi connectivity index (χ2v) is 6.93. The lowest BCUT2D eigenvalue weighted by Gasteiger charge is -2.16. The van der Waals surface area contributed by atoms with E-state index in [0.29, 0.717) is 12.3 Å². The van der Waals surface area contributed by atoms with Crippen LogP contribution < -0.4 is 10.5 Å². The van der Waals surface area contributed by atoms with Gasteiger partial charge in [0.05, 0.1) is 10.9 Å². The maximum atomic E-state index is 11.9. The smallest absolute Gasteiger partial charge is 0.238 e. The Labute approximate surface area is 125 Å². The Hall–Kier alpha value is -1.66. The predicted octanol–water partition coefficient (Wildman–Crippen LogP) is 1.87. The van der Waals surface area contributed by atoms with E-state index in [2.05, 4.69) is 17.5 Å². The summed E-state index contributed by atoms with van der Waals surface area (Å²) in [5.74, 6) is 0.344. The summed E-state index contributed by atoms with van der Waals surface area (Å²) in [6.07, 6.45) is 6.77. The zero-order chi connectivity index (χ0) is 15.5. The summed E-state index contributed by atoms with van der Waals surface area (Å²) in [5, 5.41) is 7.98. The Morgan fingerprint density at radius 3 is 2.57 bits per heavy atom. The third-order valence-electron chi connectivity index (χ3n) is 3.65. The van der Waals surface area contributed by atoms with Crippen molar-refractivity contribution in [2.75, 3.05) is 0 Å². The molecule has 0 aliphatic heterocycles. The summed E-state index contributed by atoms with van der Waals surface area (Å²) in [6.45, 7) is 1.87. The van der Waals surface area contributed by atoms with Gasteiger partial charge in [0.25, 0.3) is 0 Å². The van der Waals surface area contributed by atoms with Gasteiger partial charge in [-0.25, -0.2) is 13.6 Å². The van der Waals surface area contributed by atoms with Crippen LogP contribution in [0.15, 0.2) is 41.3 Å². The van der Waals surface area contributed by atoms with Crippen LogP contribution in [0.1, 0.15) is 37.8 Å². The molecular weight excluding hydrogens is 288 g/mol. The zero-order valence-corrected chi connectivity index (χ0v) is 12.8. The monoisotopic (exact) mass is 308 g/mol. The number of nitrogens with one attached hydrogen (secondary N) is 1. The van der Waals surface area contributed by atoms with Gasteiger partial charge in [-0.15, -0.1) is 0 Å². The van der Waals surface area contributed by atoms with Crippen LogP contribution in [0.4, 0.5) is 0 Å². The molecule has 2 unspecified atom stereocenters. The fourth-order valence-electron chi connectivity index (χ4n) is 2.43. The number of hydrogen-bond acceptors (Lipinski definition) is 3. The summed E-state index contributed by atoms with van der Waals surface area (Å²) in [4.78, 5) is 12.0. The first-order valence-electron chi connectivity index (χ1n) is 6.95. The minimum atomic E-state index is -3.68. The molecule has 1 aromatic carbocycles. The highest BCUT2D eigenvalue weighted by Crippen LogP contribution is 2.21. The lowest BCUT2D eigenvalue weighted by molar-refractivity contribution is -0.122. The molecule has 0 spiro atoms. The highest BCUT2D eigenvalue weighted by molar-refractivity contribution is 7.89. The molecule has 21 heavy (non-hydrogen) atoms. The fraction of sp³-hybridized carbons (Fsp3) is 0.400. The van der Waals surface area contributed by atoms with Gasteiger partial charge in [0.2, 0.25) is 15.9 Å². The van der Waals surface area contributed by atoms with Crippen molar-refractivity contribution in [2.45, 2.75) is 37.1 Å². The number of amides is 1. The maximum Gasteiger partial charge on any atom is 0.238 e. The van der Waals surface area contributed by atoms with Crippen LogP contribution in [0.5, 0.6) is 0 Å². The lowest BCUT2D eigenvalue weighted by Crippen LogP contribution is -2.27. The van der Waals surface area contributed by atoms with Gasteiger partial charge >= 0.3 is 0 Å². The molecule has 1 amide bonds. The summed E-state index contributed by atoms with van der Waals surface area (Å²) in [7, 11) is -3.68. The molecule has 6 heteroatoms. The number of benzene rings is 1. The van der Waals surface area contributed by atoms with Crippen LogP contribution in [0.2, 0.25) is 0 Å². The van der Waals surface area contributed by atoms with E-state index in [4.69, 9.17) is 5.14 Å². The molecule has 1 aliphatic rings. The van der Waals surface area contributed by atoms with Crippen molar-refractivity contribution in [3.05, 3.63) is 42.0 Å². The second-order valence-electron chi connectivity index (χ2n) is 5.37. The Bertz CT molecular complexity index is 635. The Balaban J connectivity index is 1.94. The average molecular weight is 308 g/mol. The van der Waals surface area contributed by atoms with Gasteiger partial charge in [0, 0.05) is 6.42 Å². The Morgan fingerprint density at radius 2 is 2.05 bits per heavy atom. The van der Waals surface area contributed by atoms with E-state index in [-0.39, 0.29) is 16.8 Å². The van der Waals surface area contributed by atoms with Gasteiger partial charge in [-0.2, -0.15) is 0 Å². The zero-order valence-electron chi connectivity index (χ0n) is 12.0. The van der Waals surface area contributed by atoms with Crippen molar-refractivity contribution in [3.63, 3.8) is 0 Å². The van der Waals surface area contributed by atoms with Crippen LogP contribution in [-0.4, -0.2) is 14.3 Å². The maximum absolute atomic E-state index is 11.9. The van der Waals surface area contributed by atoms with Crippen LogP contribution in [-0.2, 0) is 14.8 Å². The molecule has 3 N–H and O–H groups in total. The van der Waals surface area contributed by atoms with Crippen molar-refractivity contribution in [1.29, 1.82) is 0 Å². The number of nitrogens with two attached hydrogens (primary N) is 1. The number of rotatable bonds is 5. The topological polar surface area (TPSA) is 89.3 Å². The molecule has 1 aromatic rings. The molecule has 5 nitrogen and oxygen atoms in total. The highest BCUT2D eigenvalue weighted by Gasteiger charge is 2.16. The normalized spacial score (nSPS) is 19.4. The third-order valence-corrected chi connectivity index (χ3v) is 4.58. The molecular formula is C15H20N2O3S. The van der Waals surface area contributed by atoms with Crippen LogP contribution >= 0.6 is 0 Å². The van der Waals surface area contributed by atoms with Gasteiger partial charge in [-0.05, 0) is 43.4 Å². The minimum absolute atomic E-state index is 0.00886. The molecule has 0 saturated carbocycles. The first-order valence-corrected chi connectivity index (χ1v) is 8.49. The second kappa shape index (κ2) is 6.41. The first-order chi connectivity index (χ1) is 9.86. The number of carbonyl (C=O) groups is 1. The molecule has 0 bridgehead atoms. The average Bonchev–Trinajstić information content (AvgIpc) is 2.90. The summed E-state index contributed by atoms with van der Waals surface area (Å²) >= 11 is 0. The molecule has 0 radical (unpaired) electrons. The van der Waals surface area contributed by atoms with Crippen LogP contribution in [0.3, 0.4) is 0 Å². The lowest BCUT2D eigenvalue weighted by atomic mass is 10.0. The molecule has 0 heterocycles. The Morgan fingerprint density at radius 1 is 1.38 bits per heavy atom. The van der Waals surface area contributed by atoms with Crippen LogP contribution in [0, 0.1) is 5.92 Å². The minimum Gasteiger partial charge on any atom is -0.350 e. The van der Waals surface area contributed by atoms with Gasteiger partial charge in [-0.1, -0.05) is 24.3 Å². The molecule has 0 aromatic heterocycles. The van der Waals surface area contributed by atoms with Gasteiger partial charge in [0.15, 0.2) is 0 Å². The molecule has 1 aliphatic carbocycles. The third kappa shape index (κ3) is 4.41. The highest BCUT2D eigenvalue weighted by atomic mass is 32.2. The number of allylic oxidation sites excluding steroid dienone is 2. The summed E-state index contributed by atoms with van der Waals surface area (Å²) < 4.78 is 22.4. The molecule has 2 atom stereocenters. The van der Waals surface area contributed by atoms with Crippen molar-refractivity contribution < 1.29 is 13.2 Å². The van der Waals surface area contributed by atoms with Crippen LogP contribution in [0.25, 0.3) is 0 Å². The van der Waals surface area contributed by atoms with Gasteiger partial charge in [-0.3, -0.25) is 4.79 Å². The fourth-order valence-corrected chi connectivity index (χ4v) is 2.95. The number of carbonyl (C=O) groups excluding carboxylic acids is 1. The van der Waals surface area contributed by atoms with E-state index < -0.39 is 10.0 Å². The summed E-state index contributed by atoms with van der Waals surface area (Å²) in [6, 6.07) is 6.07. The largest absolute Gasteiger partial charge is 0.350 e. The predicted molar refractivity (Wildman–Crippen MR) is 80.9 cm³/mol. The quantitative estimate of drug-likeness (QED) is 0.814. The van der Waals surface area contributed by atoms with E-state index in [1.54, 1.807) is 12.1 Å². The van der Waals surface area contributed by atoms with Gasteiger partial charge < -0.3 is 5.32 Å². The molecule has 0 fully saturated rings. The van der Waals surface area contributed by atoms with E-state index in [0.717, 1.165) is 18.4 Å². The van der Waals surface area contributed by atoms with E-state index in [1.807, 2.05) is 6.92 Å². The molecule has 0 saturated heterocycles. The number of hydrogen-bond donors (Lipinski definition) is 2. The summed E-state index contributed by atoms with van der Waals surface area (Å²) in [5.41, 5.74) is 0.845. The number of sulfonamides is 1. The Kier molecular flexibility index (Phi) is 4.80. The van der Waals surface area contributed by atoms with E-state index in [1.165, 1.54) is 12.1 Å². The molecule has 114 valence electrons. The van der Waals surface area contributed by atoms with E-state index in [9.17, 15) is 13.2 Å². The van der Waals surface area contributed by atoms with Crippen molar-refractivity contribution >= 4 is 15.9 Å². The standard InChI is InChI=1S/C15H20N2O3S/c1-11(17-15(18)10-12-4-2-3-5-12)13-6-8-14(9-7-13)21(16,19)20/h2,4,6-9,11-12H,3,5,10H2,1H3,(H,17,18)(H2,16,19,20). The SMILES string of the molecule is CC(NC(=O)CC1C=CCC1)c1ccc(S(N)(=O)=O)cc1. The molecule has 2 rings (SSSR count). The van der Waals surface area contributed by atoms with Crippen molar-refractivity contribution in [3.8, 4) is 0 Å². The number of primary sulfonamides is 1. The first kappa shape index (κ1) is 15.7. The van der Waals surface area contributed by atoms with Crippen molar-refractivity contribution in [2.24, 2.45) is 11.1 Å².